The summed E-state index contributed by atoms with van der Waals surface area (Å²) in [6.45, 7) is 1.18. The van der Waals surface area contributed by atoms with Gasteiger partial charge in [0.1, 0.15) is 0 Å². The highest BCUT2D eigenvalue weighted by molar-refractivity contribution is 7.89. The fourth-order valence-electron chi connectivity index (χ4n) is 2.50. The molecule has 0 atom stereocenters. The predicted molar refractivity (Wildman–Crippen MR) is 80.5 cm³/mol. The number of aromatic amines is 1. The molecule has 0 amide bonds. The molecule has 6 heteroatoms. The van der Waals surface area contributed by atoms with Gasteiger partial charge in [-0.15, -0.1) is 0 Å². The summed E-state index contributed by atoms with van der Waals surface area (Å²) >= 11 is 0. The summed E-state index contributed by atoms with van der Waals surface area (Å²) in [6, 6.07) is 9.93. The lowest BCUT2D eigenvalue weighted by Crippen LogP contribution is -2.27. The monoisotopic (exact) mass is 304 g/mol. The van der Waals surface area contributed by atoms with E-state index >= 15 is 0 Å². The number of benzene rings is 1. The van der Waals surface area contributed by atoms with Crippen molar-refractivity contribution in [2.24, 2.45) is 0 Å². The van der Waals surface area contributed by atoms with Crippen LogP contribution < -0.4 is 5.56 Å². The molecule has 1 aliphatic rings. The first-order valence-corrected chi connectivity index (χ1v) is 8.31. The first-order valence-electron chi connectivity index (χ1n) is 6.87. The quantitative estimate of drug-likeness (QED) is 0.940. The lowest BCUT2D eigenvalue weighted by atomic mass is 10.1. The van der Waals surface area contributed by atoms with E-state index in [1.807, 2.05) is 6.07 Å². The Hall–Kier alpha value is -1.92. The molecular weight excluding hydrogens is 288 g/mol. The van der Waals surface area contributed by atoms with Crippen LogP contribution >= 0.6 is 0 Å². The molecule has 3 rings (SSSR count). The second-order valence-corrected chi connectivity index (χ2v) is 7.02. The van der Waals surface area contributed by atoms with E-state index in [1.165, 1.54) is 10.4 Å². The molecule has 1 aromatic heterocycles. The molecule has 2 heterocycles. The fourth-order valence-corrected chi connectivity index (χ4v) is 4.07. The number of nitrogens with one attached hydrogen (secondary N) is 1. The average Bonchev–Trinajstić information content (AvgIpc) is 3.03. The smallest absolute Gasteiger partial charge is 0.247 e. The van der Waals surface area contributed by atoms with E-state index in [-0.39, 0.29) is 5.56 Å². The third-order valence-electron chi connectivity index (χ3n) is 3.65. The minimum Gasteiger partial charge on any atom is -0.328 e. The highest BCUT2D eigenvalue weighted by Crippen LogP contribution is 2.25. The van der Waals surface area contributed by atoms with Crippen LogP contribution in [0.25, 0.3) is 11.1 Å². The van der Waals surface area contributed by atoms with Gasteiger partial charge in [-0.3, -0.25) is 4.79 Å². The molecule has 1 N–H and O–H groups in total. The van der Waals surface area contributed by atoms with Crippen molar-refractivity contribution in [1.82, 2.24) is 9.29 Å². The predicted octanol–water partition coefficient (Wildman–Crippen LogP) is 1.83. The molecule has 21 heavy (non-hydrogen) atoms. The van der Waals surface area contributed by atoms with Gasteiger partial charge in [0.2, 0.25) is 15.6 Å². The van der Waals surface area contributed by atoms with E-state index in [0.717, 1.165) is 24.0 Å². The second-order valence-electron chi connectivity index (χ2n) is 5.08. The van der Waals surface area contributed by atoms with Crippen LogP contribution in [0.2, 0.25) is 0 Å². The normalized spacial score (nSPS) is 16.2. The zero-order valence-corrected chi connectivity index (χ0v) is 12.3. The maximum Gasteiger partial charge on any atom is 0.247 e. The van der Waals surface area contributed by atoms with Crippen molar-refractivity contribution >= 4 is 10.0 Å². The fraction of sp³-hybridized carbons (Fsp3) is 0.267. The lowest BCUT2D eigenvalue weighted by Gasteiger charge is -2.16. The van der Waals surface area contributed by atoms with Gasteiger partial charge in [0.15, 0.2) is 0 Å². The van der Waals surface area contributed by atoms with Crippen LogP contribution in [0.15, 0.2) is 52.3 Å². The van der Waals surface area contributed by atoms with Crippen LogP contribution in [-0.4, -0.2) is 30.8 Å². The Labute approximate surface area is 123 Å². The molecule has 0 unspecified atom stereocenters. The SMILES string of the molecule is O=c1ccc(-c2cccc(S(=O)(=O)N3CCCC3)c2)c[nH]1. The van der Waals surface area contributed by atoms with E-state index < -0.39 is 10.0 Å². The molecule has 110 valence electrons. The van der Waals surface area contributed by atoms with Gasteiger partial charge in [0.05, 0.1) is 4.90 Å². The number of hydrogen-bond acceptors (Lipinski definition) is 3. The molecule has 1 fully saturated rings. The molecule has 0 radical (unpaired) electrons. The molecule has 0 spiro atoms. The van der Waals surface area contributed by atoms with Gasteiger partial charge in [0.25, 0.3) is 0 Å². The Morgan fingerprint density at radius 3 is 2.43 bits per heavy atom. The van der Waals surface area contributed by atoms with Crippen LogP contribution in [0.4, 0.5) is 0 Å². The van der Waals surface area contributed by atoms with Crippen LogP contribution in [0.1, 0.15) is 12.8 Å². The van der Waals surface area contributed by atoms with Crippen LogP contribution in [-0.2, 0) is 10.0 Å². The number of aromatic nitrogens is 1. The summed E-state index contributed by atoms with van der Waals surface area (Å²) in [7, 11) is -3.42. The zero-order chi connectivity index (χ0) is 14.9. The minimum atomic E-state index is -3.42. The minimum absolute atomic E-state index is 0.181. The molecular formula is C15H16N2O3S. The third-order valence-corrected chi connectivity index (χ3v) is 5.55. The van der Waals surface area contributed by atoms with Gasteiger partial charge in [-0.05, 0) is 42.2 Å². The van der Waals surface area contributed by atoms with Gasteiger partial charge in [-0.2, -0.15) is 4.31 Å². The summed E-state index contributed by atoms with van der Waals surface area (Å²) in [4.78, 5) is 14.0. The molecule has 0 bridgehead atoms. The van der Waals surface area contributed by atoms with Crippen molar-refractivity contribution in [3.8, 4) is 11.1 Å². The summed E-state index contributed by atoms with van der Waals surface area (Å²) in [6.07, 6.45) is 3.42. The molecule has 1 aliphatic heterocycles. The van der Waals surface area contributed by atoms with E-state index in [0.29, 0.717) is 18.0 Å². The first-order chi connectivity index (χ1) is 10.1. The number of hydrogen-bond donors (Lipinski definition) is 1. The van der Waals surface area contributed by atoms with Crippen LogP contribution in [0, 0.1) is 0 Å². The topological polar surface area (TPSA) is 70.2 Å². The Kier molecular flexibility index (Phi) is 3.65. The lowest BCUT2D eigenvalue weighted by molar-refractivity contribution is 0.477. The van der Waals surface area contributed by atoms with E-state index in [2.05, 4.69) is 4.98 Å². The van der Waals surface area contributed by atoms with Gasteiger partial charge in [-0.25, -0.2) is 8.42 Å². The summed E-state index contributed by atoms with van der Waals surface area (Å²) in [5.41, 5.74) is 1.37. The molecule has 2 aromatic rings. The van der Waals surface area contributed by atoms with Crippen molar-refractivity contribution < 1.29 is 8.42 Å². The molecule has 0 aliphatic carbocycles. The maximum atomic E-state index is 12.5. The summed E-state index contributed by atoms with van der Waals surface area (Å²) in [5, 5.41) is 0. The van der Waals surface area contributed by atoms with Gasteiger partial charge < -0.3 is 4.98 Å². The largest absolute Gasteiger partial charge is 0.328 e. The molecule has 0 saturated carbocycles. The van der Waals surface area contributed by atoms with Crippen LogP contribution in [0.3, 0.4) is 0 Å². The Balaban J connectivity index is 2.00. The maximum absolute atomic E-state index is 12.5. The van der Waals surface area contributed by atoms with E-state index in [4.69, 9.17) is 0 Å². The standard InChI is InChI=1S/C15H16N2O3S/c18-15-7-6-13(11-16-15)12-4-3-5-14(10-12)21(19,20)17-8-1-2-9-17/h3-7,10-11H,1-2,8-9H2,(H,16,18). The van der Waals surface area contributed by atoms with Crippen molar-refractivity contribution in [2.75, 3.05) is 13.1 Å². The number of rotatable bonds is 3. The van der Waals surface area contributed by atoms with Gasteiger partial charge in [0, 0.05) is 25.4 Å². The van der Waals surface area contributed by atoms with Crippen molar-refractivity contribution in [2.45, 2.75) is 17.7 Å². The van der Waals surface area contributed by atoms with Gasteiger partial charge >= 0.3 is 0 Å². The van der Waals surface area contributed by atoms with Crippen molar-refractivity contribution in [3.05, 3.63) is 52.9 Å². The molecule has 1 aromatic carbocycles. The number of sulfonamides is 1. The summed E-state index contributed by atoms with van der Waals surface area (Å²) < 4.78 is 26.6. The summed E-state index contributed by atoms with van der Waals surface area (Å²) in [5.74, 6) is 0. The van der Waals surface area contributed by atoms with Gasteiger partial charge in [-0.1, -0.05) is 12.1 Å². The second kappa shape index (κ2) is 5.46. The highest BCUT2D eigenvalue weighted by Gasteiger charge is 2.27. The number of nitrogens with zero attached hydrogens (tertiary/aromatic N) is 1. The van der Waals surface area contributed by atoms with E-state index in [1.54, 1.807) is 30.5 Å². The molecule has 1 saturated heterocycles. The number of pyridine rings is 1. The molecule has 5 nitrogen and oxygen atoms in total. The van der Waals surface area contributed by atoms with E-state index in [9.17, 15) is 13.2 Å². The Morgan fingerprint density at radius 2 is 1.76 bits per heavy atom. The Bertz CT molecular complexity index is 785. The third kappa shape index (κ3) is 2.77. The first kappa shape index (κ1) is 14.0. The van der Waals surface area contributed by atoms with Crippen molar-refractivity contribution in [1.29, 1.82) is 0 Å². The highest BCUT2D eigenvalue weighted by atomic mass is 32.2. The Morgan fingerprint density at radius 1 is 1.00 bits per heavy atom. The zero-order valence-electron chi connectivity index (χ0n) is 11.5. The van der Waals surface area contributed by atoms with Crippen molar-refractivity contribution in [3.63, 3.8) is 0 Å². The number of H-pyrrole nitrogens is 1. The van der Waals surface area contributed by atoms with Crippen LogP contribution in [0.5, 0.6) is 0 Å². The average molecular weight is 304 g/mol.